The van der Waals surface area contributed by atoms with Crippen molar-refractivity contribution in [3.8, 4) is 5.69 Å². The number of halogens is 1. The van der Waals surface area contributed by atoms with Gasteiger partial charge in [0.25, 0.3) is 0 Å². The lowest BCUT2D eigenvalue weighted by atomic mass is 10.2. The standard InChI is InChI=1S/C10H12FN5/c1-7-5-15-9(3-12-7)10(4-14-15)16-6-8(11)2-13-16/h2,4,6-7,12H,3,5H2,1H3. The second kappa shape index (κ2) is 3.41. The average Bonchev–Trinajstić information content (AvgIpc) is 2.83. The molecule has 3 heterocycles. The van der Waals surface area contributed by atoms with Gasteiger partial charge in [-0.1, -0.05) is 0 Å². The maximum absolute atomic E-state index is 12.9. The molecule has 6 heteroatoms. The molecule has 5 nitrogen and oxygen atoms in total. The summed E-state index contributed by atoms with van der Waals surface area (Å²) in [6.45, 7) is 3.68. The van der Waals surface area contributed by atoms with Crippen LogP contribution in [0.2, 0.25) is 0 Å². The quantitative estimate of drug-likeness (QED) is 0.771. The van der Waals surface area contributed by atoms with Crippen LogP contribution in [-0.4, -0.2) is 25.6 Å². The molecule has 0 spiro atoms. The van der Waals surface area contributed by atoms with Crippen LogP contribution in [0.5, 0.6) is 0 Å². The van der Waals surface area contributed by atoms with Crippen molar-refractivity contribution in [1.82, 2.24) is 24.9 Å². The Hall–Kier alpha value is -1.69. The molecule has 1 atom stereocenters. The van der Waals surface area contributed by atoms with Gasteiger partial charge in [0.15, 0.2) is 5.82 Å². The molecule has 1 aliphatic rings. The van der Waals surface area contributed by atoms with E-state index in [1.54, 1.807) is 6.20 Å². The van der Waals surface area contributed by atoms with Gasteiger partial charge in [0.05, 0.1) is 30.8 Å². The van der Waals surface area contributed by atoms with Crippen LogP contribution in [0, 0.1) is 5.82 Å². The molecule has 0 amide bonds. The summed E-state index contributed by atoms with van der Waals surface area (Å²) in [6.07, 6.45) is 4.28. The van der Waals surface area contributed by atoms with Crippen molar-refractivity contribution in [1.29, 1.82) is 0 Å². The monoisotopic (exact) mass is 221 g/mol. The average molecular weight is 221 g/mol. The van der Waals surface area contributed by atoms with Crippen LogP contribution < -0.4 is 5.32 Å². The Morgan fingerprint density at radius 3 is 3.06 bits per heavy atom. The zero-order valence-corrected chi connectivity index (χ0v) is 8.89. The minimum absolute atomic E-state index is 0.336. The van der Waals surface area contributed by atoms with Crippen LogP contribution in [0.1, 0.15) is 12.6 Å². The second-order valence-electron chi connectivity index (χ2n) is 4.04. The number of hydrogen-bond donors (Lipinski definition) is 1. The largest absolute Gasteiger partial charge is 0.307 e. The maximum Gasteiger partial charge on any atom is 0.161 e. The fraction of sp³-hybridized carbons (Fsp3) is 0.400. The summed E-state index contributed by atoms with van der Waals surface area (Å²) < 4.78 is 16.3. The topological polar surface area (TPSA) is 47.7 Å². The SMILES string of the molecule is CC1Cn2ncc(-n3cc(F)cn3)c2CN1. The number of rotatable bonds is 1. The molecule has 1 unspecified atom stereocenters. The van der Waals surface area contributed by atoms with Crippen molar-refractivity contribution in [3.05, 3.63) is 30.1 Å². The lowest BCUT2D eigenvalue weighted by Crippen LogP contribution is -2.37. The Morgan fingerprint density at radius 2 is 2.31 bits per heavy atom. The molecule has 2 aromatic heterocycles. The number of aromatic nitrogens is 4. The van der Waals surface area contributed by atoms with E-state index in [0.29, 0.717) is 6.04 Å². The van der Waals surface area contributed by atoms with Gasteiger partial charge >= 0.3 is 0 Å². The van der Waals surface area contributed by atoms with Crippen molar-refractivity contribution in [2.45, 2.75) is 26.1 Å². The summed E-state index contributed by atoms with van der Waals surface area (Å²) >= 11 is 0. The third-order valence-corrected chi connectivity index (χ3v) is 2.79. The van der Waals surface area contributed by atoms with Crippen molar-refractivity contribution < 1.29 is 4.39 Å². The third kappa shape index (κ3) is 1.42. The smallest absolute Gasteiger partial charge is 0.161 e. The van der Waals surface area contributed by atoms with E-state index < -0.39 is 0 Å². The van der Waals surface area contributed by atoms with Crippen LogP contribution in [0.3, 0.4) is 0 Å². The van der Waals surface area contributed by atoms with E-state index in [2.05, 4.69) is 22.4 Å². The Balaban J connectivity index is 2.03. The number of hydrogen-bond acceptors (Lipinski definition) is 3. The molecule has 3 rings (SSSR count). The first kappa shape index (κ1) is 9.53. The molecule has 0 bridgehead atoms. The lowest BCUT2D eigenvalue weighted by Gasteiger charge is -2.22. The van der Waals surface area contributed by atoms with Crippen molar-refractivity contribution in [2.24, 2.45) is 0 Å². The van der Waals surface area contributed by atoms with Gasteiger partial charge in [-0.15, -0.1) is 0 Å². The fourth-order valence-electron chi connectivity index (χ4n) is 1.96. The van der Waals surface area contributed by atoms with E-state index in [0.717, 1.165) is 24.5 Å². The Bertz CT molecular complexity index is 515. The molecular formula is C10H12FN5. The van der Waals surface area contributed by atoms with E-state index >= 15 is 0 Å². The molecule has 0 fully saturated rings. The molecular weight excluding hydrogens is 209 g/mol. The van der Waals surface area contributed by atoms with Crippen LogP contribution in [0.4, 0.5) is 4.39 Å². The van der Waals surface area contributed by atoms with Gasteiger partial charge < -0.3 is 5.32 Å². The van der Waals surface area contributed by atoms with Gasteiger partial charge in [-0.05, 0) is 6.92 Å². The molecule has 84 valence electrons. The van der Waals surface area contributed by atoms with E-state index in [1.165, 1.54) is 17.1 Å². The van der Waals surface area contributed by atoms with Crippen molar-refractivity contribution in [3.63, 3.8) is 0 Å². The number of nitrogens with one attached hydrogen (secondary N) is 1. The molecule has 16 heavy (non-hydrogen) atoms. The second-order valence-corrected chi connectivity index (χ2v) is 4.04. The van der Waals surface area contributed by atoms with Crippen LogP contribution in [-0.2, 0) is 13.1 Å². The molecule has 2 aromatic rings. The van der Waals surface area contributed by atoms with Gasteiger partial charge in [0.1, 0.15) is 5.69 Å². The first-order valence-electron chi connectivity index (χ1n) is 5.22. The molecule has 0 saturated heterocycles. The summed E-state index contributed by atoms with van der Waals surface area (Å²) in [7, 11) is 0. The van der Waals surface area contributed by atoms with E-state index in [9.17, 15) is 4.39 Å². The zero-order chi connectivity index (χ0) is 11.1. The fourth-order valence-corrected chi connectivity index (χ4v) is 1.96. The molecule has 0 saturated carbocycles. The van der Waals surface area contributed by atoms with E-state index in [4.69, 9.17) is 0 Å². The number of nitrogens with zero attached hydrogens (tertiary/aromatic N) is 4. The maximum atomic E-state index is 12.9. The highest BCUT2D eigenvalue weighted by molar-refractivity contribution is 5.34. The first-order chi connectivity index (χ1) is 7.74. The van der Waals surface area contributed by atoms with Crippen molar-refractivity contribution in [2.75, 3.05) is 0 Å². The lowest BCUT2D eigenvalue weighted by molar-refractivity contribution is 0.388. The van der Waals surface area contributed by atoms with Gasteiger partial charge in [-0.3, -0.25) is 4.68 Å². The summed E-state index contributed by atoms with van der Waals surface area (Å²) in [5.41, 5.74) is 1.88. The molecule has 0 aromatic carbocycles. The van der Waals surface area contributed by atoms with Gasteiger partial charge in [-0.2, -0.15) is 10.2 Å². The Labute approximate surface area is 91.9 Å². The van der Waals surface area contributed by atoms with Gasteiger partial charge in [-0.25, -0.2) is 9.07 Å². The van der Waals surface area contributed by atoms with E-state index in [1.807, 2.05) is 4.68 Å². The van der Waals surface area contributed by atoms with Gasteiger partial charge in [0, 0.05) is 12.6 Å². The summed E-state index contributed by atoms with van der Waals surface area (Å²) in [6, 6.07) is 0.412. The molecule has 0 radical (unpaired) electrons. The minimum atomic E-state index is -0.336. The Morgan fingerprint density at radius 1 is 1.44 bits per heavy atom. The summed E-state index contributed by atoms with van der Waals surface area (Å²) in [5, 5.41) is 11.6. The highest BCUT2D eigenvalue weighted by atomic mass is 19.1. The highest BCUT2D eigenvalue weighted by Crippen LogP contribution is 2.17. The van der Waals surface area contributed by atoms with Crippen LogP contribution in [0.15, 0.2) is 18.6 Å². The summed E-state index contributed by atoms with van der Waals surface area (Å²) in [4.78, 5) is 0. The first-order valence-corrected chi connectivity index (χ1v) is 5.22. The molecule has 1 N–H and O–H groups in total. The predicted molar refractivity (Wildman–Crippen MR) is 55.6 cm³/mol. The highest BCUT2D eigenvalue weighted by Gasteiger charge is 2.19. The van der Waals surface area contributed by atoms with E-state index in [-0.39, 0.29) is 5.82 Å². The zero-order valence-electron chi connectivity index (χ0n) is 8.89. The number of fused-ring (bicyclic) bond motifs is 1. The van der Waals surface area contributed by atoms with Crippen LogP contribution >= 0.6 is 0 Å². The molecule has 1 aliphatic heterocycles. The van der Waals surface area contributed by atoms with Crippen molar-refractivity contribution >= 4 is 0 Å². The third-order valence-electron chi connectivity index (χ3n) is 2.79. The summed E-state index contributed by atoms with van der Waals surface area (Å²) in [5.74, 6) is -0.336. The van der Waals surface area contributed by atoms with Gasteiger partial charge in [0.2, 0.25) is 0 Å². The Kier molecular flexibility index (Phi) is 2.03. The predicted octanol–water partition coefficient (Wildman–Crippen LogP) is 0.700. The molecule has 0 aliphatic carbocycles. The normalized spacial score (nSPS) is 19.8. The van der Waals surface area contributed by atoms with Crippen LogP contribution in [0.25, 0.3) is 5.69 Å². The minimum Gasteiger partial charge on any atom is -0.307 e.